The second-order valence-corrected chi connectivity index (χ2v) is 8.73. The molecule has 1 aliphatic rings. The van der Waals surface area contributed by atoms with Crippen molar-refractivity contribution >= 4 is 21.6 Å². The minimum absolute atomic E-state index is 0.148. The van der Waals surface area contributed by atoms with Gasteiger partial charge in [-0.05, 0) is 36.8 Å². The first kappa shape index (κ1) is 19.5. The van der Waals surface area contributed by atoms with Gasteiger partial charge in [0.15, 0.2) is 0 Å². The average molecular weight is 388 g/mol. The van der Waals surface area contributed by atoms with E-state index in [4.69, 9.17) is 0 Å². The Labute approximate surface area is 160 Å². The number of carbonyl (C=O) groups is 1. The van der Waals surface area contributed by atoms with E-state index in [1.807, 2.05) is 12.1 Å². The SMILES string of the molecule is CCS(=O)(=O)N1CCN(Cc2ccc(C(=O)Nc3cccnc3)cc2)CC1. The highest BCUT2D eigenvalue weighted by Crippen LogP contribution is 2.13. The lowest BCUT2D eigenvalue weighted by Gasteiger charge is -2.33. The summed E-state index contributed by atoms with van der Waals surface area (Å²) in [5.74, 6) is -0.0248. The second-order valence-electron chi connectivity index (χ2n) is 6.47. The quantitative estimate of drug-likeness (QED) is 0.816. The third kappa shape index (κ3) is 5.12. The average Bonchev–Trinajstić information content (AvgIpc) is 2.70. The van der Waals surface area contributed by atoms with Crippen molar-refractivity contribution in [1.29, 1.82) is 0 Å². The smallest absolute Gasteiger partial charge is 0.255 e. The number of piperazine rings is 1. The molecule has 1 aliphatic heterocycles. The molecule has 0 spiro atoms. The van der Waals surface area contributed by atoms with E-state index >= 15 is 0 Å². The molecule has 1 aromatic carbocycles. The van der Waals surface area contributed by atoms with Crippen LogP contribution in [0.2, 0.25) is 0 Å². The van der Waals surface area contributed by atoms with E-state index in [9.17, 15) is 13.2 Å². The second kappa shape index (κ2) is 8.60. The van der Waals surface area contributed by atoms with Crippen molar-refractivity contribution in [3.8, 4) is 0 Å². The number of benzene rings is 1. The Kier molecular flexibility index (Phi) is 6.20. The molecule has 0 atom stereocenters. The van der Waals surface area contributed by atoms with E-state index < -0.39 is 10.0 Å². The van der Waals surface area contributed by atoms with E-state index in [-0.39, 0.29) is 11.7 Å². The lowest BCUT2D eigenvalue weighted by Crippen LogP contribution is -2.48. The third-order valence-corrected chi connectivity index (χ3v) is 6.51. The van der Waals surface area contributed by atoms with Crippen molar-refractivity contribution in [2.24, 2.45) is 0 Å². The number of hydrogen-bond donors (Lipinski definition) is 1. The lowest BCUT2D eigenvalue weighted by molar-refractivity contribution is 0.102. The number of anilines is 1. The number of nitrogens with zero attached hydrogens (tertiary/aromatic N) is 3. The summed E-state index contributed by atoms with van der Waals surface area (Å²) in [6.45, 7) is 4.90. The standard InChI is InChI=1S/C19H24N4O3S/c1-2-27(25,26)23-12-10-22(11-13-23)15-16-5-7-17(8-6-16)19(24)21-18-4-3-9-20-14-18/h3-9,14H,2,10-13,15H2,1H3,(H,21,24). The van der Waals surface area contributed by atoms with Crippen LogP contribution in [0.1, 0.15) is 22.8 Å². The number of rotatable bonds is 6. The van der Waals surface area contributed by atoms with Crippen LogP contribution in [0.4, 0.5) is 5.69 Å². The van der Waals surface area contributed by atoms with E-state index in [1.165, 1.54) is 0 Å². The third-order valence-electron chi connectivity index (χ3n) is 4.63. The molecule has 3 rings (SSSR count). The Bertz CT molecular complexity index is 862. The molecule has 0 radical (unpaired) electrons. The first-order chi connectivity index (χ1) is 13.0. The van der Waals surface area contributed by atoms with E-state index in [0.29, 0.717) is 37.4 Å². The number of carbonyl (C=O) groups excluding carboxylic acids is 1. The van der Waals surface area contributed by atoms with Gasteiger partial charge in [0.05, 0.1) is 17.6 Å². The summed E-state index contributed by atoms with van der Waals surface area (Å²) in [5.41, 5.74) is 2.34. The Hall–Kier alpha value is -2.29. The van der Waals surface area contributed by atoms with Gasteiger partial charge in [-0.1, -0.05) is 12.1 Å². The predicted octanol–water partition coefficient (Wildman–Crippen LogP) is 1.80. The van der Waals surface area contributed by atoms with E-state index in [1.54, 1.807) is 47.9 Å². The van der Waals surface area contributed by atoms with Crippen LogP contribution in [-0.4, -0.2) is 60.4 Å². The molecular formula is C19H24N4O3S. The summed E-state index contributed by atoms with van der Waals surface area (Å²) in [6, 6.07) is 11.0. The molecule has 0 aliphatic carbocycles. The van der Waals surface area contributed by atoms with Crippen LogP contribution in [0.5, 0.6) is 0 Å². The maximum atomic E-state index is 12.3. The molecule has 2 heterocycles. The molecule has 1 N–H and O–H groups in total. The molecule has 1 amide bonds. The van der Waals surface area contributed by atoms with Crippen molar-refractivity contribution in [1.82, 2.24) is 14.2 Å². The van der Waals surface area contributed by atoms with Crippen LogP contribution in [0, 0.1) is 0 Å². The molecule has 1 fully saturated rings. The van der Waals surface area contributed by atoms with E-state index in [0.717, 1.165) is 12.1 Å². The minimum atomic E-state index is -3.10. The van der Waals surface area contributed by atoms with Crippen LogP contribution in [0.25, 0.3) is 0 Å². The number of pyridine rings is 1. The fraction of sp³-hybridized carbons (Fsp3) is 0.368. The maximum Gasteiger partial charge on any atom is 0.255 e. The molecule has 0 unspecified atom stereocenters. The molecular weight excluding hydrogens is 364 g/mol. The highest BCUT2D eigenvalue weighted by atomic mass is 32.2. The number of amides is 1. The number of sulfonamides is 1. The summed E-state index contributed by atoms with van der Waals surface area (Å²) in [7, 11) is -3.10. The summed E-state index contributed by atoms with van der Waals surface area (Å²) in [6.07, 6.45) is 3.26. The molecule has 27 heavy (non-hydrogen) atoms. The Morgan fingerprint density at radius 1 is 1.11 bits per heavy atom. The summed E-state index contributed by atoms with van der Waals surface area (Å²) in [4.78, 5) is 18.5. The lowest BCUT2D eigenvalue weighted by atomic mass is 10.1. The van der Waals surface area contributed by atoms with Gasteiger partial charge < -0.3 is 5.32 Å². The van der Waals surface area contributed by atoms with Gasteiger partial charge in [0, 0.05) is 44.5 Å². The topological polar surface area (TPSA) is 82.6 Å². The monoisotopic (exact) mass is 388 g/mol. The van der Waals surface area contributed by atoms with Crippen LogP contribution < -0.4 is 5.32 Å². The Morgan fingerprint density at radius 3 is 2.41 bits per heavy atom. The largest absolute Gasteiger partial charge is 0.321 e. The molecule has 0 bridgehead atoms. The zero-order valence-corrected chi connectivity index (χ0v) is 16.2. The summed E-state index contributed by atoms with van der Waals surface area (Å²) in [5, 5.41) is 2.81. The summed E-state index contributed by atoms with van der Waals surface area (Å²) >= 11 is 0. The molecule has 7 nitrogen and oxygen atoms in total. The van der Waals surface area contributed by atoms with Gasteiger partial charge in [0.1, 0.15) is 0 Å². The predicted molar refractivity (Wildman–Crippen MR) is 105 cm³/mol. The van der Waals surface area contributed by atoms with Gasteiger partial charge >= 0.3 is 0 Å². The van der Waals surface area contributed by atoms with Crippen molar-refractivity contribution in [2.45, 2.75) is 13.5 Å². The van der Waals surface area contributed by atoms with Gasteiger partial charge in [0.25, 0.3) is 5.91 Å². The van der Waals surface area contributed by atoms with Crippen LogP contribution in [0.15, 0.2) is 48.8 Å². The van der Waals surface area contributed by atoms with Gasteiger partial charge in [-0.2, -0.15) is 4.31 Å². The molecule has 0 saturated carbocycles. The molecule has 2 aromatic rings. The van der Waals surface area contributed by atoms with Crippen molar-refractivity contribution in [3.05, 3.63) is 59.9 Å². The van der Waals surface area contributed by atoms with Gasteiger partial charge in [0.2, 0.25) is 10.0 Å². The first-order valence-corrected chi connectivity index (χ1v) is 10.6. The van der Waals surface area contributed by atoms with Crippen LogP contribution in [0.3, 0.4) is 0 Å². The van der Waals surface area contributed by atoms with Crippen molar-refractivity contribution in [3.63, 3.8) is 0 Å². The zero-order valence-electron chi connectivity index (χ0n) is 15.3. The Balaban J connectivity index is 1.53. The molecule has 144 valence electrons. The summed E-state index contributed by atoms with van der Waals surface area (Å²) < 4.78 is 25.4. The van der Waals surface area contributed by atoms with Gasteiger partial charge in [-0.3, -0.25) is 14.7 Å². The Morgan fingerprint density at radius 2 is 1.81 bits per heavy atom. The minimum Gasteiger partial charge on any atom is -0.321 e. The highest BCUT2D eigenvalue weighted by Gasteiger charge is 2.25. The number of aromatic nitrogens is 1. The molecule has 1 saturated heterocycles. The maximum absolute atomic E-state index is 12.3. The number of hydrogen-bond acceptors (Lipinski definition) is 5. The van der Waals surface area contributed by atoms with Crippen LogP contribution in [-0.2, 0) is 16.6 Å². The normalized spacial score (nSPS) is 16.2. The highest BCUT2D eigenvalue weighted by molar-refractivity contribution is 7.89. The van der Waals surface area contributed by atoms with Crippen LogP contribution >= 0.6 is 0 Å². The fourth-order valence-corrected chi connectivity index (χ4v) is 4.09. The first-order valence-electron chi connectivity index (χ1n) is 8.98. The van der Waals surface area contributed by atoms with Gasteiger partial charge in [-0.15, -0.1) is 0 Å². The molecule has 1 aromatic heterocycles. The van der Waals surface area contributed by atoms with Crippen molar-refractivity contribution in [2.75, 3.05) is 37.2 Å². The molecule has 8 heteroatoms. The zero-order chi connectivity index (χ0) is 19.3. The van der Waals surface area contributed by atoms with E-state index in [2.05, 4.69) is 15.2 Å². The fourth-order valence-electron chi connectivity index (χ4n) is 3.01. The van der Waals surface area contributed by atoms with Crippen molar-refractivity contribution < 1.29 is 13.2 Å². The number of nitrogens with one attached hydrogen (secondary N) is 1. The van der Waals surface area contributed by atoms with Gasteiger partial charge in [-0.25, -0.2) is 8.42 Å².